The molecule has 0 radical (unpaired) electrons. The molecule has 0 atom stereocenters. The zero-order valence-electron chi connectivity index (χ0n) is 13.4. The fourth-order valence-electron chi connectivity index (χ4n) is 2.96. The van der Waals surface area contributed by atoms with Crippen LogP contribution in [0, 0.1) is 12.8 Å². The number of nitrogens with one attached hydrogen (secondary N) is 1. The van der Waals surface area contributed by atoms with E-state index in [1.54, 1.807) is 24.3 Å². The van der Waals surface area contributed by atoms with Crippen molar-refractivity contribution in [1.82, 2.24) is 9.79 Å². The maximum atomic E-state index is 12.8. The number of aryl methyl sites for hydroxylation is 1. The van der Waals surface area contributed by atoms with Gasteiger partial charge in [0.05, 0.1) is 11.4 Å². The molecule has 0 aliphatic heterocycles. The first-order chi connectivity index (χ1) is 10.9. The maximum absolute atomic E-state index is 12.8. The molecule has 1 aromatic rings. The first-order valence-electron chi connectivity index (χ1n) is 7.93. The van der Waals surface area contributed by atoms with Crippen LogP contribution in [-0.4, -0.2) is 36.9 Å². The molecule has 128 valence electrons. The summed E-state index contributed by atoms with van der Waals surface area (Å²) in [5, 5.41) is 8.74. The highest BCUT2D eigenvalue weighted by Gasteiger charge is 2.29. The quantitative estimate of drug-likeness (QED) is 0.613. The Morgan fingerprint density at radius 2 is 1.83 bits per heavy atom. The van der Waals surface area contributed by atoms with Crippen molar-refractivity contribution < 1.29 is 18.4 Å². The molecular formula is C16H24N2O4S. The Morgan fingerprint density at radius 3 is 2.39 bits per heavy atom. The average molecular weight is 340 g/mol. The Kier molecular flexibility index (Phi) is 6.15. The van der Waals surface area contributed by atoms with Crippen molar-refractivity contribution in [2.24, 2.45) is 5.92 Å². The minimum absolute atomic E-state index is 0.171. The van der Waals surface area contributed by atoms with Crippen LogP contribution in [0.15, 0.2) is 29.2 Å². The molecule has 0 aromatic heterocycles. The van der Waals surface area contributed by atoms with Gasteiger partial charge >= 0.3 is 0 Å². The lowest BCUT2D eigenvalue weighted by Gasteiger charge is -2.28. The number of sulfonamides is 1. The molecule has 6 nitrogen and oxygen atoms in total. The van der Waals surface area contributed by atoms with E-state index in [-0.39, 0.29) is 17.4 Å². The summed E-state index contributed by atoms with van der Waals surface area (Å²) in [6.45, 7) is 1.82. The van der Waals surface area contributed by atoms with Crippen LogP contribution < -0.4 is 5.48 Å². The highest BCUT2D eigenvalue weighted by atomic mass is 32.2. The molecular weight excluding hydrogens is 316 g/mol. The van der Waals surface area contributed by atoms with E-state index in [0.717, 1.165) is 31.2 Å². The molecule has 0 spiro atoms. The molecule has 1 aliphatic rings. The number of amides is 1. The number of hydrogen-bond acceptors (Lipinski definition) is 4. The Labute approximate surface area is 137 Å². The largest absolute Gasteiger partial charge is 0.289 e. The predicted octanol–water partition coefficient (Wildman–Crippen LogP) is 2.07. The predicted molar refractivity (Wildman–Crippen MR) is 86.4 cm³/mol. The summed E-state index contributed by atoms with van der Waals surface area (Å²) in [6.07, 6.45) is 5.31. The molecule has 7 heteroatoms. The van der Waals surface area contributed by atoms with E-state index in [1.807, 2.05) is 6.92 Å². The topological polar surface area (TPSA) is 86.7 Å². The monoisotopic (exact) mass is 340 g/mol. The van der Waals surface area contributed by atoms with Crippen LogP contribution >= 0.6 is 0 Å². The molecule has 1 fully saturated rings. The van der Waals surface area contributed by atoms with E-state index >= 15 is 0 Å². The standard InChI is InChI=1S/C16H24N2O4S/c1-13-7-9-15(10-8-13)23(21,22)18(12-16(19)17-20)11-14-5-3-2-4-6-14/h7-10,14,20H,2-6,11-12H2,1H3,(H,17,19). The lowest BCUT2D eigenvalue weighted by atomic mass is 9.89. The van der Waals surface area contributed by atoms with Gasteiger partial charge in [0.15, 0.2) is 0 Å². The number of carbonyl (C=O) groups excluding carboxylic acids is 1. The summed E-state index contributed by atoms with van der Waals surface area (Å²) in [4.78, 5) is 11.7. The second-order valence-electron chi connectivity index (χ2n) is 6.15. The van der Waals surface area contributed by atoms with Crippen molar-refractivity contribution in [1.29, 1.82) is 0 Å². The Bertz CT molecular complexity index is 622. The SMILES string of the molecule is Cc1ccc(S(=O)(=O)N(CC(=O)NO)CC2CCCCC2)cc1. The van der Waals surface area contributed by atoms with E-state index in [2.05, 4.69) is 0 Å². The molecule has 0 heterocycles. The molecule has 0 saturated heterocycles. The smallest absolute Gasteiger partial charge is 0.258 e. The fraction of sp³-hybridized carbons (Fsp3) is 0.562. The second kappa shape index (κ2) is 7.90. The van der Waals surface area contributed by atoms with Gasteiger partial charge in [-0.25, -0.2) is 13.9 Å². The minimum Gasteiger partial charge on any atom is -0.289 e. The first-order valence-corrected chi connectivity index (χ1v) is 9.37. The number of rotatable bonds is 6. The lowest BCUT2D eigenvalue weighted by molar-refractivity contribution is -0.129. The van der Waals surface area contributed by atoms with Gasteiger partial charge in [0, 0.05) is 6.54 Å². The van der Waals surface area contributed by atoms with Crippen molar-refractivity contribution in [2.45, 2.75) is 43.9 Å². The molecule has 2 rings (SSSR count). The fourth-order valence-corrected chi connectivity index (χ4v) is 4.43. The van der Waals surface area contributed by atoms with Gasteiger partial charge in [-0.15, -0.1) is 0 Å². The normalized spacial score (nSPS) is 16.5. The van der Waals surface area contributed by atoms with Crippen molar-refractivity contribution in [3.8, 4) is 0 Å². The number of hydrogen-bond donors (Lipinski definition) is 2. The van der Waals surface area contributed by atoms with Crippen LogP contribution in [0.2, 0.25) is 0 Å². The second-order valence-corrected chi connectivity index (χ2v) is 8.09. The highest BCUT2D eigenvalue weighted by Crippen LogP contribution is 2.26. The third-order valence-electron chi connectivity index (χ3n) is 4.29. The van der Waals surface area contributed by atoms with Gasteiger partial charge in [-0.2, -0.15) is 4.31 Å². The summed E-state index contributed by atoms with van der Waals surface area (Å²) >= 11 is 0. The van der Waals surface area contributed by atoms with Gasteiger partial charge < -0.3 is 0 Å². The van der Waals surface area contributed by atoms with E-state index in [9.17, 15) is 13.2 Å². The number of benzene rings is 1. The summed E-state index contributed by atoms with van der Waals surface area (Å²) in [5.41, 5.74) is 2.49. The summed E-state index contributed by atoms with van der Waals surface area (Å²) in [7, 11) is -3.76. The van der Waals surface area contributed by atoms with Crippen LogP contribution in [0.3, 0.4) is 0 Å². The molecule has 0 bridgehead atoms. The summed E-state index contributed by atoms with van der Waals surface area (Å²) < 4.78 is 26.8. The van der Waals surface area contributed by atoms with E-state index in [1.165, 1.54) is 16.2 Å². The van der Waals surface area contributed by atoms with Gasteiger partial charge in [0.2, 0.25) is 10.0 Å². The van der Waals surface area contributed by atoms with Gasteiger partial charge in [0.25, 0.3) is 5.91 Å². The average Bonchev–Trinajstić information content (AvgIpc) is 2.55. The highest BCUT2D eigenvalue weighted by molar-refractivity contribution is 7.89. The minimum atomic E-state index is -3.76. The lowest BCUT2D eigenvalue weighted by Crippen LogP contribution is -2.42. The van der Waals surface area contributed by atoms with E-state index < -0.39 is 15.9 Å². The Morgan fingerprint density at radius 1 is 1.22 bits per heavy atom. The number of nitrogens with zero attached hydrogens (tertiary/aromatic N) is 1. The zero-order chi connectivity index (χ0) is 16.9. The van der Waals surface area contributed by atoms with Crippen molar-refractivity contribution in [3.05, 3.63) is 29.8 Å². The summed E-state index contributed by atoms with van der Waals surface area (Å²) in [6, 6.07) is 6.57. The van der Waals surface area contributed by atoms with E-state index in [4.69, 9.17) is 5.21 Å². The van der Waals surface area contributed by atoms with Gasteiger partial charge in [-0.3, -0.25) is 10.0 Å². The summed E-state index contributed by atoms with van der Waals surface area (Å²) in [5.74, 6) is -0.466. The molecule has 23 heavy (non-hydrogen) atoms. The van der Waals surface area contributed by atoms with Gasteiger partial charge in [0.1, 0.15) is 0 Å². The molecule has 1 amide bonds. The third kappa shape index (κ3) is 4.76. The van der Waals surface area contributed by atoms with E-state index in [0.29, 0.717) is 6.54 Å². The van der Waals surface area contributed by atoms with Crippen LogP contribution in [0.5, 0.6) is 0 Å². The third-order valence-corrected chi connectivity index (χ3v) is 6.12. The molecule has 2 N–H and O–H groups in total. The van der Waals surface area contributed by atoms with Crippen LogP contribution in [0.25, 0.3) is 0 Å². The zero-order valence-corrected chi connectivity index (χ0v) is 14.2. The van der Waals surface area contributed by atoms with Gasteiger partial charge in [-0.1, -0.05) is 37.0 Å². The Balaban J connectivity index is 2.23. The van der Waals surface area contributed by atoms with Crippen LogP contribution in [-0.2, 0) is 14.8 Å². The maximum Gasteiger partial charge on any atom is 0.258 e. The molecule has 1 aliphatic carbocycles. The number of carbonyl (C=O) groups is 1. The molecule has 1 saturated carbocycles. The van der Waals surface area contributed by atoms with Crippen LogP contribution in [0.4, 0.5) is 0 Å². The van der Waals surface area contributed by atoms with Gasteiger partial charge in [-0.05, 0) is 37.8 Å². The first kappa shape index (κ1) is 17.9. The van der Waals surface area contributed by atoms with Crippen molar-refractivity contribution >= 4 is 15.9 Å². The Hall–Kier alpha value is -1.44. The van der Waals surface area contributed by atoms with Crippen molar-refractivity contribution in [2.75, 3.05) is 13.1 Å². The van der Waals surface area contributed by atoms with Crippen molar-refractivity contribution in [3.63, 3.8) is 0 Å². The molecule has 0 unspecified atom stereocenters. The molecule has 1 aromatic carbocycles. The van der Waals surface area contributed by atoms with Crippen LogP contribution in [0.1, 0.15) is 37.7 Å². The number of hydroxylamine groups is 1.